The number of nitrogens with zero attached hydrogens (tertiary/aromatic N) is 2. The number of aryl methyl sites for hydroxylation is 1. The second kappa shape index (κ2) is 6.85. The second-order valence-corrected chi connectivity index (χ2v) is 12.6. The Balaban J connectivity index is 1.61. The third kappa shape index (κ3) is 2.42. The fraction of sp³-hybridized carbons (Fsp3) is 0.167. The van der Waals surface area contributed by atoms with Crippen molar-refractivity contribution in [3.05, 3.63) is 102 Å². The largest absolute Gasteiger partial charge is 0.299 e. The van der Waals surface area contributed by atoms with Crippen LogP contribution < -0.4 is 16.4 Å². The quantitative estimate of drug-likeness (QED) is 0.158. The monoisotopic (exact) mass is 500 g/mol. The fourth-order valence-electron chi connectivity index (χ4n) is 7.79. The van der Waals surface area contributed by atoms with Gasteiger partial charge in [0.1, 0.15) is 5.65 Å². The van der Waals surface area contributed by atoms with Gasteiger partial charge in [-0.05, 0) is 69.1 Å². The van der Waals surface area contributed by atoms with Crippen LogP contribution in [0.1, 0.15) is 37.7 Å². The Bertz CT molecular complexity index is 2240. The van der Waals surface area contributed by atoms with E-state index in [2.05, 4.69) is 129 Å². The van der Waals surface area contributed by atoms with Crippen molar-refractivity contribution in [3.63, 3.8) is 0 Å². The molecule has 39 heavy (non-hydrogen) atoms. The highest BCUT2D eigenvalue weighted by atomic mass is 15.2. The Labute approximate surface area is 228 Å². The minimum Gasteiger partial charge on any atom is -0.299 e. The summed E-state index contributed by atoms with van der Waals surface area (Å²) in [6.07, 6.45) is 0. The molecule has 3 heteroatoms. The van der Waals surface area contributed by atoms with Gasteiger partial charge in [-0.15, -0.1) is 0 Å². The van der Waals surface area contributed by atoms with Crippen molar-refractivity contribution >= 4 is 61.2 Å². The molecule has 2 aromatic heterocycles. The summed E-state index contributed by atoms with van der Waals surface area (Å²) in [4.78, 5) is 0. The van der Waals surface area contributed by atoms with Crippen LogP contribution in [-0.4, -0.2) is 15.7 Å². The summed E-state index contributed by atoms with van der Waals surface area (Å²) in [7, 11) is 0. The summed E-state index contributed by atoms with van der Waals surface area (Å²) in [6, 6.07) is 32.1. The van der Waals surface area contributed by atoms with Crippen molar-refractivity contribution in [3.8, 4) is 16.8 Å². The molecule has 186 valence electrons. The predicted molar refractivity (Wildman–Crippen MR) is 168 cm³/mol. The first-order valence-electron chi connectivity index (χ1n) is 14.1. The molecule has 0 saturated heterocycles. The van der Waals surface area contributed by atoms with Gasteiger partial charge >= 0.3 is 0 Å². The standard InChI is InChI=1S/C36H29BN2/c1-20-21(2)39-34-27-16-9-7-13-24(27)23-12-6-8-15-26(23)31(34)33-35(39)38(20)30-19-22(36(3,4)5)18-28-25-14-10-11-17-29(25)37(33)32(28)30/h6-19H,1-5H3. The average Bonchev–Trinajstić information content (AvgIpc) is 3.55. The number of rotatable bonds is 0. The minimum atomic E-state index is 0.0599. The van der Waals surface area contributed by atoms with Crippen LogP contribution in [0.2, 0.25) is 0 Å². The second-order valence-electron chi connectivity index (χ2n) is 12.6. The average molecular weight is 500 g/mol. The molecule has 2 aliphatic rings. The molecule has 2 nitrogen and oxygen atoms in total. The van der Waals surface area contributed by atoms with Gasteiger partial charge in [0, 0.05) is 27.8 Å². The fourth-order valence-corrected chi connectivity index (χ4v) is 7.79. The third-order valence-corrected chi connectivity index (χ3v) is 9.66. The zero-order valence-corrected chi connectivity index (χ0v) is 23.1. The molecule has 7 aromatic rings. The highest BCUT2D eigenvalue weighted by Crippen LogP contribution is 2.42. The molecule has 5 aromatic carbocycles. The van der Waals surface area contributed by atoms with Gasteiger partial charge in [0.15, 0.2) is 0 Å². The highest BCUT2D eigenvalue weighted by molar-refractivity contribution is 7.02. The third-order valence-electron chi connectivity index (χ3n) is 9.66. The molecule has 9 rings (SSSR count). The maximum absolute atomic E-state index is 2.59. The van der Waals surface area contributed by atoms with Crippen molar-refractivity contribution in [2.45, 2.75) is 40.0 Å². The van der Waals surface area contributed by atoms with Gasteiger partial charge in [-0.25, -0.2) is 0 Å². The summed E-state index contributed by atoms with van der Waals surface area (Å²) in [5.41, 5.74) is 15.3. The van der Waals surface area contributed by atoms with Crippen LogP contribution in [0.3, 0.4) is 0 Å². The molecule has 0 atom stereocenters. The molecule has 0 radical (unpaired) electrons. The van der Waals surface area contributed by atoms with E-state index < -0.39 is 0 Å². The first-order chi connectivity index (χ1) is 18.9. The molecule has 2 aliphatic heterocycles. The zero-order valence-electron chi connectivity index (χ0n) is 23.1. The van der Waals surface area contributed by atoms with E-state index in [-0.39, 0.29) is 12.1 Å². The van der Waals surface area contributed by atoms with Crippen molar-refractivity contribution in [1.29, 1.82) is 0 Å². The Morgan fingerprint density at radius 3 is 2.03 bits per heavy atom. The maximum atomic E-state index is 2.59. The Morgan fingerprint density at radius 1 is 0.641 bits per heavy atom. The van der Waals surface area contributed by atoms with E-state index in [0.717, 1.165) is 0 Å². The number of fused-ring (bicyclic) bond motifs is 13. The van der Waals surface area contributed by atoms with E-state index in [1.54, 1.807) is 0 Å². The first-order valence-corrected chi connectivity index (χ1v) is 14.1. The van der Waals surface area contributed by atoms with Crippen LogP contribution >= 0.6 is 0 Å². The molecule has 0 N–H and O–H groups in total. The number of hydrogen-bond acceptors (Lipinski definition) is 0. The van der Waals surface area contributed by atoms with Gasteiger partial charge in [0.25, 0.3) is 6.71 Å². The van der Waals surface area contributed by atoms with E-state index in [1.165, 1.54) is 88.2 Å². The zero-order chi connectivity index (χ0) is 26.4. The summed E-state index contributed by atoms with van der Waals surface area (Å²) in [5, 5.41) is 6.77. The normalized spacial score (nSPS) is 13.7. The smallest absolute Gasteiger partial charge is 0.251 e. The lowest BCUT2D eigenvalue weighted by Crippen LogP contribution is -2.53. The highest BCUT2D eigenvalue weighted by Gasteiger charge is 2.44. The summed E-state index contributed by atoms with van der Waals surface area (Å²) in [5.74, 6) is 0. The van der Waals surface area contributed by atoms with E-state index in [0.29, 0.717) is 0 Å². The van der Waals surface area contributed by atoms with Crippen molar-refractivity contribution in [2.75, 3.05) is 0 Å². The van der Waals surface area contributed by atoms with Crippen molar-refractivity contribution < 1.29 is 0 Å². The summed E-state index contributed by atoms with van der Waals surface area (Å²) >= 11 is 0. The lowest BCUT2D eigenvalue weighted by atomic mass is 9.37. The van der Waals surface area contributed by atoms with Gasteiger partial charge in [-0.1, -0.05) is 105 Å². The molecule has 0 saturated carbocycles. The van der Waals surface area contributed by atoms with E-state index >= 15 is 0 Å². The first kappa shape index (κ1) is 21.7. The number of benzene rings is 5. The molecular formula is C36H29BN2. The Kier molecular flexibility index (Phi) is 3.80. The molecule has 4 heterocycles. The summed E-state index contributed by atoms with van der Waals surface area (Å²) < 4.78 is 5.17. The Morgan fingerprint density at radius 2 is 1.28 bits per heavy atom. The SMILES string of the molecule is Cc1c(C)n2c3c4ccccc4c4ccccc4c3c3c2n1-c1cc(C(C)(C)C)cc2c1B3c1ccccc1-2. The lowest BCUT2D eigenvalue weighted by Gasteiger charge is -2.27. The molecular weight excluding hydrogens is 471 g/mol. The van der Waals surface area contributed by atoms with Crippen molar-refractivity contribution in [1.82, 2.24) is 8.97 Å². The molecule has 0 aliphatic carbocycles. The lowest BCUT2D eigenvalue weighted by molar-refractivity contribution is 0.590. The molecule has 0 amide bonds. The number of imidazole rings is 1. The number of hydrogen-bond donors (Lipinski definition) is 0. The van der Waals surface area contributed by atoms with E-state index in [1.807, 2.05) is 0 Å². The van der Waals surface area contributed by atoms with Crippen molar-refractivity contribution in [2.24, 2.45) is 0 Å². The van der Waals surface area contributed by atoms with Gasteiger partial charge in [-0.2, -0.15) is 0 Å². The number of aromatic nitrogens is 2. The van der Waals surface area contributed by atoms with Gasteiger partial charge in [0.05, 0.1) is 5.52 Å². The Hall–Kier alpha value is -4.24. The van der Waals surface area contributed by atoms with Crippen LogP contribution in [0.4, 0.5) is 0 Å². The van der Waals surface area contributed by atoms with Crippen LogP contribution in [0.25, 0.3) is 54.9 Å². The van der Waals surface area contributed by atoms with E-state index in [4.69, 9.17) is 0 Å². The van der Waals surface area contributed by atoms with Crippen LogP contribution in [0.5, 0.6) is 0 Å². The maximum Gasteiger partial charge on any atom is 0.251 e. The van der Waals surface area contributed by atoms with E-state index in [9.17, 15) is 0 Å². The van der Waals surface area contributed by atoms with Gasteiger partial charge in [0.2, 0.25) is 0 Å². The summed E-state index contributed by atoms with van der Waals surface area (Å²) in [6.45, 7) is 11.8. The topological polar surface area (TPSA) is 9.34 Å². The van der Waals surface area contributed by atoms with Crippen LogP contribution in [0, 0.1) is 13.8 Å². The predicted octanol–water partition coefficient (Wildman–Crippen LogP) is 6.91. The van der Waals surface area contributed by atoms with Gasteiger partial charge in [-0.3, -0.25) is 8.97 Å². The molecule has 0 fully saturated rings. The molecule has 0 spiro atoms. The van der Waals surface area contributed by atoms with Crippen LogP contribution in [-0.2, 0) is 5.41 Å². The molecule has 0 bridgehead atoms. The van der Waals surface area contributed by atoms with Crippen LogP contribution in [0.15, 0.2) is 84.9 Å². The minimum absolute atomic E-state index is 0.0599. The molecule has 0 unspecified atom stereocenters. The van der Waals surface area contributed by atoms with Gasteiger partial charge < -0.3 is 0 Å².